The number of hydrogen-bond acceptors (Lipinski definition) is 6. The van der Waals surface area contributed by atoms with Crippen LogP contribution in [0.15, 0.2) is 60.8 Å². The second kappa shape index (κ2) is 59.7. The highest BCUT2D eigenvalue weighted by atomic mass is 16.6. The molecule has 71 heavy (non-hydrogen) atoms. The molecule has 0 rings (SSSR count). The van der Waals surface area contributed by atoms with Crippen LogP contribution in [0.4, 0.5) is 0 Å². The molecule has 6 nitrogen and oxygen atoms in total. The molecule has 0 aliphatic heterocycles. The fourth-order valence-corrected chi connectivity index (χ4v) is 8.83. The molecular formula is C65H116O6. The Hall–Kier alpha value is -2.89. The van der Waals surface area contributed by atoms with Crippen molar-refractivity contribution in [2.24, 2.45) is 0 Å². The highest BCUT2D eigenvalue weighted by Crippen LogP contribution is 2.16. The third kappa shape index (κ3) is 57.9. The summed E-state index contributed by atoms with van der Waals surface area (Å²) in [6.07, 6.45) is 75.0. The zero-order valence-electron chi connectivity index (χ0n) is 47.2. The Morgan fingerprint density at radius 1 is 0.282 bits per heavy atom. The van der Waals surface area contributed by atoms with Crippen LogP contribution in [0, 0.1) is 0 Å². The van der Waals surface area contributed by atoms with Gasteiger partial charge in [0.2, 0.25) is 0 Å². The van der Waals surface area contributed by atoms with E-state index in [0.717, 1.165) is 89.9 Å². The fraction of sp³-hybridized carbons (Fsp3) is 0.800. The van der Waals surface area contributed by atoms with Gasteiger partial charge in [0.15, 0.2) is 6.10 Å². The summed E-state index contributed by atoms with van der Waals surface area (Å²) in [4.78, 5) is 38.2. The fourth-order valence-electron chi connectivity index (χ4n) is 8.83. The quantitative estimate of drug-likeness (QED) is 0.0261. The van der Waals surface area contributed by atoms with Crippen molar-refractivity contribution < 1.29 is 28.6 Å². The first-order chi connectivity index (χ1) is 35.0. The maximum atomic E-state index is 12.9. The predicted molar refractivity (Wildman–Crippen MR) is 307 cm³/mol. The number of unbranched alkanes of at least 4 members (excludes halogenated alkanes) is 35. The highest BCUT2D eigenvalue weighted by Gasteiger charge is 2.19. The summed E-state index contributed by atoms with van der Waals surface area (Å²) >= 11 is 0. The van der Waals surface area contributed by atoms with E-state index in [1.807, 2.05) is 0 Å². The number of ether oxygens (including phenoxy) is 3. The van der Waals surface area contributed by atoms with Crippen LogP contribution in [-0.4, -0.2) is 37.2 Å². The van der Waals surface area contributed by atoms with E-state index < -0.39 is 6.10 Å². The Labute approximate surface area is 440 Å². The molecule has 0 saturated carbocycles. The molecule has 0 aromatic heterocycles. The molecule has 0 radical (unpaired) electrons. The monoisotopic (exact) mass is 993 g/mol. The highest BCUT2D eigenvalue weighted by molar-refractivity contribution is 5.71. The molecule has 0 aromatic rings. The lowest BCUT2D eigenvalue weighted by atomic mass is 10.0. The van der Waals surface area contributed by atoms with E-state index in [9.17, 15) is 14.4 Å². The van der Waals surface area contributed by atoms with Gasteiger partial charge >= 0.3 is 17.9 Å². The Morgan fingerprint density at radius 3 is 0.803 bits per heavy atom. The molecule has 0 N–H and O–H groups in total. The van der Waals surface area contributed by atoms with Gasteiger partial charge in [0, 0.05) is 19.3 Å². The third-order valence-electron chi connectivity index (χ3n) is 13.5. The predicted octanol–water partition coefficient (Wildman–Crippen LogP) is 20.8. The van der Waals surface area contributed by atoms with Crippen molar-refractivity contribution in [2.45, 2.75) is 322 Å². The number of esters is 3. The van der Waals surface area contributed by atoms with E-state index in [2.05, 4.69) is 81.5 Å². The topological polar surface area (TPSA) is 78.9 Å². The lowest BCUT2D eigenvalue weighted by Gasteiger charge is -2.18. The zero-order chi connectivity index (χ0) is 51.4. The molecule has 412 valence electrons. The van der Waals surface area contributed by atoms with Gasteiger partial charge in [-0.1, -0.05) is 268 Å². The Kier molecular flexibility index (Phi) is 57.2. The molecule has 1 atom stereocenters. The zero-order valence-corrected chi connectivity index (χ0v) is 47.2. The first kappa shape index (κ1) is 68.1. The second-order valence-corrected chi connectivity index (χ2v) is 20.6. The van der Waals surface area contributed by atoms with E-state index in [-0.39, 0.29) is 31.1 Å². The van der Waals surface area contributed by atoms with Crippen LogP contribution < -0.4 is 0 Å². The average molecular weight is 994 g/mol. The summed E-state index contributed by atoms with van der Waals surface area (Å²) in [5.74, 6) is -0.879. The Morgan fingerprint density at radius 2 is 0.507 bits per heavy atom. The van der Waals surface area contributed by atoms with Crippen LogP contribution in [-0.2, 0) is 28.6 Å². The van der Waals surface area contributed by atoms with Crippen LogP contribution in [0.3, 0.4) is 0 Å². The minimum Gasteiger partial charge on any atom is -0.462 e. The smallest absolute Gasteiger partial charge is 0.306 e. The molecule has 0 aliphatic rings. The maximum Gasteiger partial charge on any atom is 0.306 e. The average Bonchev–Trinajstić information content (AvgIpc) is 3.37. The van der Waals surface area contributed by atoms with Crippen molar-refractivity contribution in [3.05, 3.63) is 60.8 Å². The van der Waals surface area contributed by atoms with Crippen LogP contribution in [0.1, 0.15) is 316 Å². The van der Waals surface area contributed by atoms with Gasteiger partial charge in [0.25, 0.3) is 0 Å². The van der Waals surface area contributed by atoms with E-state index in [1.165, 1.54) is 186 Å². The van der Waals surface area contributed by atoms with Crippen molar-refractivity contribution in [1.82, 2.24) is 0 Å². The molecule has 6 heteroatoms. The summed E-state index contributed by atoms with van der Waals surface area (Å²) in [7, 11) is 0. The summed E-state index contributed by atoms with van der Waals surface area (Å²) in [5, 5.41) is 0. The van der Waals surface area contributed by atoms with Crippen molar-refractivity contribution in [1.29, 1.82) is 0 Å². The minimum atomic E-state index is -0.780. The summed E-state index contributed by atoms with van der Waals surface area (Å²) in [6.45, 7) is 6.63. The van der Waals surface area contributed by atoms with Gasteiger partial charge in [-0.25, -0.2) is 0 Å². The van der Waals surface area contributed by atoms with Crippen LogP contribution >= 0.6 is 0 Å². The van der Waals surface area contributed by atoms with Gasteiger partial charge < -0.3 is 14.2 Å². The minimum absolute atomic E-state index is 0.0772. The first-order valence-electron chi connectivity index (χ1n) is 30.8. The number of rotatable bonds is 56. The molecule has 0 bridgehead atoms. The first-order valence-corrected chi connectivity index (χ1v) is 30.8. The van der Waals surface area contributed by atoms with E-state index in [4.69, 9.17) is 14.2 Å². The molecule has 0 amide bonds. The van der Waals surface area contributed by atoms with Crippen LogP contribution in [0.25, 0.3) is 0 Å². The lowest BCUT2D eigenvalue weighted by Crippen LogP contribution is -2.30. The maximum absolute atomic E-state index is 12.9. The number of carbonyl (C=O) groups excluding carboxylic acids is 3. The van der Waals surface area contributed by atoms with Gasteiger partial charge in [-0.15, -0.1) is 0 Å². The summed E-state index contributed by atoms with van der Waals surface area (Å²) in [6, 6.07) is 0. The van der Waals surface area contributed by atoms with Crippen LogP contribution in [0.2, 0.25) is 0 Å². The molecule has 1 unspecified atom stereocenters. The third-order valence-corrected chi connectivity index (χ3v) is 13.5. The largest absolute Gasteiger partial charge is 0.462 e. The molecule has 0 aromatic carbocycles. The molecule has 0 aliphatic carbocycles. The van der Waals surface area contributed by atoms with E-state index in [0.29, 0.717) is 19.3 Å². The van der Waals surface area contributed by atoms with Gasteiger partial charge in [-0.05, 0) is 89.9 Å². The number of carbonyl (C=O) groups is 3. The molecule has 0 fully saturated rings. The number of allylic oxidation sites excluding steroid dienone is 10. The van der Waals surface area contributed by atoms with Crippen molar-refractivity contribution in [3.8, 4) is 0 Å². The van der Waals surface area contributed by atoms with Crippen molar-refractivity contribution in [3.63, 3.8) is 0 Å². The van der Waals surface area contributed by atoms with Gasteiger partial charge in [0.05, 0.1) is 0 Å². The SMILES string of the molecule is CCCCCC/C=C\C/C=C\CCCCCCCCCC(=O)OC(COC(=O)CCCCCCCCCC/C=C\C/C=C\C/C=C\CCCCCCC)COC(=O)CCCCCCCCCCCCCC. The van der Waals surface area contributed by atoms with Crippen molar-refractivity contribution >= 4 is 17.9 Å². The molecule has 0 saturated heterocycles. The van der Waals surface area contributed by atoms with Gasteiger partial charge in [-0.3, -0.25) is 14.4 Å². The van der Waals surface area contributed by atoms with Gasteiger partial charge in [-0.2, -0.15) is 0 Å². The van der Waals surface area contributed by atoms with Crippen LogP contribution in [0.5, 0.6) is 0 Å². The van der Waals surface area contributed by atoms with E-state index in [1.54, 1.807) is 0 Å². The van der Waals surface area contributed by atoms with Crippen molar-refractivity contribution in [2.75, 3.05) is 13.2 Å². The Balaban J connectivity index is 4.33. The second-order valence-electron chi connectivity index (χ2n) is 20.6. The Bertz CT molecular complexity index is 1280. The number of hydrogen-bond donors (Lipinski definition) is 0. The normalized spacial score (nSPS) is 12.4. The summed E-state index contributed by atoms with van der Waals surface area (Å²) in [5.41, 5.74) is 0. The summed E-state index contributed by atoms with van der Waals surface area (Å²) < 4.78 is 16.9. The lowest BCUT2D eigenvalue weighted by molar-refractivity contribution is -0.167. The van der Waals surface area contributed by atoms with Gasteiger partial charge in [0.1, 0.15) is 13.2 Å². The molecule has 0 heterocycles. The standard InChI is InChI=1S/C65H116O6/c1-4-7-10-13-16-19-22-25-27-29-31-32-33-34-35-37-38-40-43-46-49-52-55-58-64(67)70-61-62(60-69-63(66)57-54-51-48-45-42-24-21-18-15-12-9-6-3)71-65(68)59-56-53-50-47-44-41-39-36-30-28-26-23-20-17-14-11-8-5-2/h20,22-23,25,28-31,33-34,62H,4-19,21,24,26-27,32,35-61H2,1-3H3/b23-20-,25-22-,30-28-,31-29-,34-33-. The van der Waals surface area contributed by atoms with E-state index >= 15 is 0 Å². The molecular weight excluding hydrogens is 877 g/mol. The molecule has 0 spiro atoms.